The molecule has 3 aliphatic heterocycles. The van der Waals surface area contributed by atoms with Crippen LogP contribution < -0.4 is 16.0 Å². The van der Waals surface area contributed by atoms with E-state index < -0.39 is 36.3 Å². The quantitative estimate of drug-likeness (QED) is 0.0571. The van der Waals surface area contributed by atoms with Crippen molar-refractivity contribution in [2.75, 3.05) is 91.2 Å². The van der Waals surface area contributed by atoms with Crippen LogP contribution in [0.25, 0.3) is 0 Å². The van der Waals surface area contributed by atoms with Crippen LogP contribution >= 0.6 is 11.8 Å². The number of carboxylic acids is 3. The van der Waals surface area contributed by atoms with Gasteiger partial charge < -0.3 is 46.4 Å². The predicted molar refractivity (Wildman–Crippen MR) is 201 cm³/mol. The monoisotopic (exact) mass is 800 g/mol. The van der Waals surface area contributed by atoms with Crippen molar-refractivity contribution < 1.29 is 54.3 Å². The number of aliphatic hydroxyl groups is 2. The number of aliphatic carboxylic acids is 3. The van der Waals surface area contributed by atoms with Crippen LogP contribution in [0.1, 0.15) is 57.8 Å². The molecule has 0 spiro atoms. The van der Waals surface area contributed by atoms with E-state index >= 15 is 0 Å². The van der Waals surface area contributed by atoms with Gasteiger partial charge in [-0.25, -0.2) is 4.79 Å². The minimum absolute atomic E-state index is 0.0693. The molecule has 4 atom stereocenters. The fourth-order valence-corrected chi connectivity index (χ4v) is 9.71. The summed E-state index contributed by atoms with van der Waals surface area (Å²) in [7, 11) is 0. The lowest BCUT2D eigenvalue weighted by Gasteiger charge is -2.40. The van der Waals surface area contributed by atoms with Crippen molar-refractivity contribution in [1.29, 1.82) is 0 Å². The molecule has 0 bridgehead atoms. The molecule has 55 heavy (non-hydrogen) atoms. The van der Waals surface area contributed by atoms with Crippen molar-refractivity contribution in [3.8, 4) is 0 Å². The molecule has 1 saturated carbocycles. The Balaban J connectivity index is 1.29. The Bertz CT molecular complexity index is 1310. The summed E-state index contributed by atoms with van der Waals surface area (Å²) >= 11 is 1.79. The first-order chi connectivity index (χ1) is 26.3. The second kappa shape index (κ2) is 22.5. The highest BCUT2D eigenvalue weighted by Crippen LogP contribution is 2.33. The molecule has 20 heteroatoms. The zero-order valence-corrected chi connectivity index (χ0v) is 32.4. The molecule has 0 aromatic carbocycles. The summed E-state index contributed by atoms with van der Waals surface area (Å²) in [6.45, 7) is 0.801. The topological polar surface area (TPSA) is 256 Å². The number of fused-ring (bicyclic) bond motifs is 1. The van der Waals surface area contributed by atoms with Crippen LogP contribution in [0, 0.1) is 5.92 Å². The molecule has 3 heterocycles. The number of rotatable bonds is 18. The first-order valence-electron chi connectivity index (χ1n) is 19.4. The van der Waals surface area contributed by atoms with Crippen molar-refractivity contribution >= 4 is 47.5 Å². The third-order valence-electron chi connectivity index (χ3n) is 11.1. The van der Waals surface area contributed by atoms with Crippen molar-refractivity contribution in [3.63, 3.8) is 0 Å². The van der Waals surface area contributed by atoms with E-state index in [1.807, 2.05) is 4.90 Å². The molecule has 4 unspecified atom stereocenters. The van der Waals surface area contributed by atoms with Gasteiger partial charge in [-0.05, 0) is 50.9 Å². The third-order valence-corrected chi connectivity index (χ3v) is 12.7. The van der Waals surface area contributed by atoms with Crippen molar-refractivity contribution in [2.24, 2.45) is 5.92 Å². The highest BCUT2D eigenvalue weighted by atomic mass is 32.2. The van der Waals surface area contributed by atoms with E-state index in [1.165, 1.54) is 0 Å². The molecule has 312 valence electrons. The molecule has 19 nitrogen and oxygen atoms in total. The molecule has 4 amide bonds. The van der Waals surface area contributed by atoms with Crippen molar-refractivity contribution in [2.45, 2.75) is 87.2 Å². The van der Waals surface area contributed by atoms with E-state index in [2.05, 4.69) is 16.0 Å². The van der Waals surface area contributed by atoms with Gasteiger partial charge in [0.2, 0.25) is 11.8 Å². The average molecular weight is 801 g/mol. The number of carbonyl (C=O) groups is 6. The molecular formula is C35H60N8O11S. The SMILES string of the molecule is O=C(O)CN1CCN(CO)CCN(CO)CCN(CC(=O)O)C(CC2CCC(NC(=O)CN(CC(=O)O)C(=O)CCCCC3SCC4NC(=O)NC43)CC2)C1. The molecule has 0 radical (unpaired) electrons. The number of nitrogens with zero attached hydrogens (tertiary/aromatic N) is 5. The predicted octanol–water partition coefficient (Wildman–Crippen LogP) is -1.65. The Morgan fingerprint density at radius 2 is 1.42 bits per heavy atom. The zero-order chi connectivity index (χ0) is 39.9. The number of amides is 4. The number of thioether (sulfide) groups is 1. The summed E-state index contributed by atoms with van der Waals surface area (Å²) < 4.78 is 0. The van der Waals surface area contributed by atoms with E-state index in [1.54, 1.807) is 26.5 Å². The van der Waals surface area contributed by atoms with Crippen LogP contribution in [0.2, 0.25) is 0 Å². The molecule has 0 aromatic rings. The Labute approximate surface area is 326 Å². The molecule has 0 aromatic heterocycles. The van der Waals surface area contributed by atoms with Crippen LogP contribution in [0.4, 0.5) is 4.79 Å². The lowest BCUT2D eigenvalue weighted by atomic mass is 9.82. The smallest absolute Gasteiger partial charge is 0.323 e. The van der Waals surface area contributed by atoms with E-state index in [0.29, 0.717) is 71.5 Å². The fourth-order valence-electron chi connectivity index (χ4n) is 8.16. The van der Waals surface area contributed by atoms with Gasteiger partial charge in [-0.3, -0.25) is 43.6 Å². The van der Waals surface area contributed by atoms with Gasteiger partial charge in [-0.1, -0.05) is 6.42 Å². The maximum atomic E-state index is 13.1. The Kier molecular flexibility index (Phi) is 18.2. The lowest BCUT2D eigenvalue weighted by Crippen LogP contribution is -2.53. The third kappa shape index (κ3) is 15.0. The van der Waals surface area contributed by atoms with Crippen LogP contribution in [0.3, 0.4) is 0 Å². The standard InChI is InChI=1S/C35H60N8O11S/c44-22-39-9-10-40(23-45)13-14-42(19-32(50)51)26(16-41(12-11-39)18-31(48)49)15-24-5-7-25(8-6-24)36-29(46)17-43(20-33(52)53)30(47)4-2-1-3-28-34-27(21-55-28)37-35(54)38-34/h24-28,34,44-45H,1-23H2,(H,36,46)(H,48,49)(H,50,51)(H,52,53)(H2,37,38,54). The normalized spacial score (nSPS) is 27.6. The second-order valence-corrected chi connectivity index (χ2v) is 16.5. The summed E-state index contributed by atoms with van der Waals surface area (Å²) in [6, 6.07) is -0.457. The first-order valence-corrected chi connectivity index (χ1v) is 20.4. The van der Waals surface area contributed by atoms with Crippen LogP contribution in [0.15, 0.2) is 0 Å². The Hall–Kier alpha value is -3.27. The maximum absolute atomic E-state index is 13.1. The molecule has 4 aliphatic rings. The number of unbranched alkanes of at least 4 members (excludes halogenated alkanes) is 1. The largest absolute Gasteiger partial charge is 0.480 e. The van der Waals surface area contributed by atoms with Crippen LogP contribution in [-0.4, -0.2) is 206 Å². The van der Waals surface area contributed by atoms with Crippen molar-refractivity contribution in [3.05, 3.63) is 0 Å². The average Bonchev–Trinajstić information content (AvgIpc) is 3.68. The summed E-state index contributed by atoms with van der Waals surface area (Å²) in [6.07, 6.45) is 5.51. The molecule has 8 N–H and O–H groups in total. The molecular weight excluding hydrogens is 740 g/mol. The minimum Gasteiger partial charge on any atom is -0.480 e. The van der Waals surface area contributed by atoms with E-state index in [9.17, 15) is 54.3 Å². The summed E-state index contributed by atoms with van der Waals surface area (Å²) in [5, 5.41) is 57.8. The molecule has 3 saturated heterocycles. The van der Waals surface area contributed by atoms with Gasteiger partial charge in [-0.15, -0.1) is 0 Å². The number of nitrogens with one attached hydrogen (secondary N) is 3. The number of hydrogen-bond donors (Lipinski definition) is 8. The second-order valence-electron chi connectivity index (χ2n) is 15.2. The number of carboxylic acid groups (broad SMARTS) is 3. The van der Waals surface area contributed by atoms with Gasteiger partial charge in [0.1, 0.15) is 13.1 Å². The van der Waals surface area contributed by atoms with Gasteiger partial charge >= 0.3 is 23.9 Å². The minimum atomic E-state index is -1.21. The van der Waals surface area contributed by atoms with Gasteiger partial charge in [0.25, 0.3) is 0 Å². The van der Waals surface area contributed by atoms with Crippen LogP contribution in [0.5, 0.6) is 0 Å². The number of aliphatic hydroxyl groups excluding tert-OH is 2. The maximum Gasteiger partial charge on any atom is 0.323 e. The summed E-state index contributed by atoms with van der Waals surface area (Å²) in [4.78, 5) is 81.4. The van der Waals surface area contributed by atoms with Crippen molar-refractivity contribution in [1.82, 2.24) is 40.4 Å². The fraction of sp³-hybridized carbons (Fsp3) is 0.829. The van der Waals surface area contributed by atoms with E-state index in [4.69, 9.17) is 0 Å². The molecule has 1 aliphatic carbocycles. The van der Waals surface area contributed by atoms with Gasteiger partial charge in [0.15, 0.2) is 0 Å². The highest BCUT2D eigenvalue weighted by Gasteiger charge is 2.42. The molecule has 4 rings (SSSR count). The first kappa shape index (κ1) is 44.4. The van der Waals surface area contributed by atoms with E-state index in [-0.39, 0.29) is 80.9 Å². The molecule has 4 fully saturated rings. The van der Waals surface area contributed by atoms with Gasteiger partial charge in [0.05, 0.1) is 38.6 Å². The number of carbonyl (C=O) groups excluding carboxylic acids is 3. The summed E-state index contributed by atoms with van der Waals surface area (Å²) in [5.41, 5.74) is 0. The van der Waals surface area contributed by atoms with Gasteiger partial charge in [0, 0.05) is 75.3 Å². The Morgan fingerprint density at radius 3 is 2.04 bits per heavy atom. The number of urea groups is 1. The van der Waals surface area contributed by atoms with Crippen LogP contribution in [-0.2, 0) is 24.0 Å². The van der Waals surface area contributed by atoms with Gasteiger partial charge in [-0.2, -0.15) is 11.8 Å². The summed E-state index contributed by atoms with van der Waals surface area (Å²) in [5.74, 6) is -3.06. The Morgan fingerprint density at radius 1 is 0.782 bits per heavy atom. The lowest BCUT2D eigenvalue weighted by molar-refractivity contribution is -0.146. The number of hydrogen-bond acceptors (Lipinski definition) is 13. The van der Waals surface area contributed by atoms with E-state index in [0.717, 1.165) is 36.3 Å². The zero-order valence-electron chi connectivity index (χ0n) is 31.6. The highest BCUT2D eigenvalue weighted by molar-refractivity contribution is 8.00.